The number of pyridine rings is 1. The van der Waals surface area contributed by atoms with E-state index in [0.29, 0.717) is 22.9 Å². The lowest BCUT2D eigenvalue weighted by atomic mass is 10.0. The molecule has 4 rings (SSSR count). The molecule has 0 N–H and O–H groups in total. The first kappa shape index (κ1) is 25.7. The van der Waals surface area contributed by atoms with Gasteiger partial charge in [-0.15, -0.1) is 0 Å². The number of nitrogens with zero attached hydrogens (tertiary/aromatic N) is 3. The minimum Gasteiger partial charge on any atom is -0.474 e. The van der Waals surface area contributed by atoms with E-state index < -0.39 is 12.1 Å². The normalized spacial score (nSPS) is 12.1. The van der Waals surface area contributed by atoms with Crippen molar-refractivity contribution in [1.82, 2.24) is 14.5 Å². The molecular formula is C29H32ClN3O3. The molecule has 1 unspecified atom stereocenters. The highest BCUT2D eigenvalue weighted by Crippen LogP contribution is 2.30. The zero-order chi connectivity index (χ0) is 25.8. The number of hydrogen-bond acceptors (Lipinski definition) is 5. The van der Waals surface area contributed by atoms with Crippen molar-refractivity contribution < 1.29 is 14.3 Å². The highest BCUT2D eigenvalue weighted by atomic mass is 35.5. The molecule has 0 aliphatic rings. The molecule has 7 heteroatoms. The Labute approximate surface area is 217 Å². The number of halogens is 1. The minimum atomic E-state index is -0.881. The first-order valence-corrected chi connectivity index (χ1v) is 12.7. The van der Waals surface area contributed by atoms with Crippen molar-refractivity contribution >= 4 is 28.7 Å². The SMILES string of the molecule is CCCc1cc(Cn2c(CC)nc3c(C)cc(C)nc32)ccc1OC(C(=O)OC)c1ccc(Cl)cc1. The third kappa shape index (κ3) is 5.39. The van der Waals surface area contributed by atoms with Crippen LogP contribution >= 0.6 is 11.6 Å². The summed E-state index contributed by atoms with van der Waals surface area (Å²) < 4.78 is 13.5. The van der Waals surface area contributed by atoms with E-state index in [1.165, 1.54) is 7.11 Å². The maximum atomic E-state index is 12.6. The number of ether oxygens (including phenoxy) is 2. The highest BCUT2D eigenvalue weighted by molar-refractivity contribution is 6.30. The molecule has 188 valence electrons. The number of hydrogen-bond donors (Lipinski definition) is 0. The molecule has 2 aromatic heterocycles. The molecular weight excluding hydrogens is 474 g/mol. The summed E-state index contributed by atoms with van der Waals surface area (Å²) in [6.07, 6.45) is 1.70. The van der Waals surface area contributed by atoms with Crippen molar-refractivity contribution in [3.63, 3.8) is 0 Å². The van der Waals surface area contributed by atoms with Crippen LogP contribution < -0.4 is 4.74 Å². The first-order chi connectivity index (χ1) is 17.3. The lowest BCUT2D eigenvalue weighted by Crippen LogP contribution is -2.21. The third-order valence-electron chi connectivity index (χ3n) is 6.24. The van der Waals surface area contributed by atoms with Gasteiger partial charge in [0.1, 0.15) is 17.1 Å². The van der Waals surface area contributed by atoms with Crippen LogP contribution in [0.3, 0.4) is 0 Å². The van der Waals surface area contributed by atoms with Gasteiger partial charge >= 0.3 is 5.97 Å². The number of aryl methyl sites for hydroxylation is 4. The van der Waals surface area contributed by atoms with Crippen LogP contribution in [0, 0.1) is 13.8 Å². The Hall–Kier alpha value is -3.38. The van der Waals surface area contributed by atoms with Crippen LogP contribution in [-0.2, 0) is 28.9 Å². The van der Waals surface area contributed by atoms with Crippen LogP contribution in [-0.4, -0.2) is 27.6 Å². The summed E-state index contributed by atoms with van der Waals surface area (Å²) in [4.78, 5) is 22.3. The summed E-state index contributed by atoms with van der Waals surface area (Å²) in [5.41, 5.74) is 6.84. The van der Waals surface area contributed by atoms with Crippen molar-refractivity contribution in [2.45, 2.75) is 59.6 Å². The maximum absolute atomic E-state index is 12.6. The van der Waals surface area contributed by atoms with E-state index in [1.807, 2.05) is 19.1 Å². The van der Waals surface area contributed by atoms with E-state index in [1.54, 1.807) is 24.3 Å². The van der Waals surface area contributed by atoms with Crippen molar-refractivity contribution in [2.75, 3.05) is 7.11 Å². The van der Waals surface area contributed by atoms with Crippen LogP contribution in [0.5, 0.6) is 5.75 Å². The Kier molecular flexibility index (Phi) is 7.94. The zero-order valence-electron chi connectivity index (χ0n) is 21.5. The summed E-state index contributed by atoms with van der Waals surface area (Å²) >= 11 is 6.04. The van der Waals surface area contributed by atoms with Crippen molar-refractivity contribution in [2.24, 2.45) is 0 Å². The predicted molar refractivity (Wildman–Crippen MR) is 143 cm³/mol. The zero-order valence-corrected chi connectivity index (χ0v) is 22.2. The molecule has 0 amide bonds. The molecule has 2 aromatic carbocycles. The molecule has 0 aliphatic heterocycles. The minimum absolute atomic E-state index is 0.460. The fourth-order valence-electron chi connectivity index (χ4n) is 4.50. The van der Waals surface area contributed by atoms with Crippen molar-refractivity contribution in [3.05, 3.63) is 87.3 Å². The molecule has 0 spiro atoms. The van der Waals surface area contributed by atoms with Crippen LogP contribution in [0.1, 0.15) is 60.1 Å². The van der Waals surface area contributed by atoms with Crippen LogP contribution in [0.4, 0.5) is 0 Å². The standard InChI is InChI=1S/C29H32ClN3O3/c1-6-8-22-16-20(17-33-25(7-2)32-26-18(3)15-19(4)31-28(26)33)9-14-24(22)36-27(29(34)35-5)21-10-12-23(30)13-11-21/h9-16,27H,6-8,17H2,1-5H3. The van der Waals surface area contributed by atoms with Gasteiger partial charge < -0.3 is 14.0 Å². The van der Waals surface area contributed by atoms with Crippen molar-refractivity contribution in [1.29, 1.82) is 0 Å². The average Bonchev–Trinajstić information content (AvgIpc) is 3.21. The second-order valence-electron chi connectivity index (χ2n) is 8.99. The van der Waals surface area contributed by atoms with Gasteiger partial charge in [-0.05, 0) is 61.2 Å². The van der Waals surface area contributed by atoms with Gasteiger partial charge in [0.05, 0.1) is 13.7 Å². The van der Waals surface area contributed by atoms with Crippen LogP contribution in [0.2, 0.25) is 5.02 Å². The van der Waals surface area contributed by atoms with Gasteiger partial charge in [-0.25, -0.2) is 14.8 Å². The molecule has 0 radical (unpaired) electrons. The largest absolute Gasteiger partial charge is 0.474 e. The summed E-state index contributed by atoms with van der Waals surface area (Å²) in [5.74, 6) is 1.22. The number of imidazole rings is 1. The molecule has 0 saturated heterocycles. The van der Waals surface area contributed by atoms with Gasteiger partial charge in [0.15, 0.2) is 5.65 Å². The molecule has 0 bridgehead atoms. The Morgan fingerprint density at radius 1 is 1.06 bits per heavy atom. The summed E-state index contributed by atoms with van der Waals surface area (Å²) in [7, 11) is 1.36. The summed E-state index contributed by atoms with van der Waals surface area (Å²) in [6.45, 7) is 8.99. The molecule has 6 nitrogen and oxygen atoms in total. The molecule has 4 aromatic rings. The van der Waals surface area contributed by atoms with Gasteiger partial charge in [0.25, 0.3) is 0 Å². The lowest BCUT2D eigenvalue weighted by molar-refractivity contribution is -0.149. The van der Waals surface area contributed by atoms with Crippen LogP contribution in [0.25, 0.3) is 11.2 Å². The number of carbonyl (C=O) groups is 1. The summed E-state index contributed by atoms with van der Waals surface area (Å²) in [5, 5.41) is 0.594. The average molecular weight is 506 g/mol. The summed E-state index contributed by atoms with van der Waals surface area (Å²) in [6, 6.07) is 15.3. The topological polar surface area (TPSA) is 66.2 Å². The van der Waals surface area contributed by atoms with Crippen LogP contribution in [0.15, 0.2) is 48.5 Å². The fraction of sp³-hybridized carbons (Fsp3) is 0.345. The smallest absolute Gasteiger partial charge is 0.351 e. The molecule has 2 heterocycles. The number of benzene rings is 2. The number of aromatic nitrogens is 3. The maximum Gasteiger partial charge on any atom is 0.351 e. The quantitative estimate of drug-likeness (QED) is 0.241. The molecule has 0 fully saturated rings. The Balaban J connectivity index is 1.69. The molecule has 0 saturated carbocycles. The Bertz CT molecular complexity index is 1380. The number of fused-ring (bicyclic) bond motifs is 1. The second-order valence-corrected chi connectivity index (χ2v) is 9.42. The Morgan fingerprint density at radius 2 is 1.81 bits per heavy atom. The number of rotatable bonds is 9. The van der Waals surface area contributed by atoms with E-state index >= 15 is 0 Å². The van der Waals surface area contributed by atoms with Gasteiger partial charge in [-0.3, -0.25) is 0 Å². The molecule has 36 heavy (non-hydrogen) atoms. The fourth-order valence-corrected chi connectivity index (χ4v) is 4.63. The predicted octanol–water partition coefficient (Wildman–Crippen LogP) is 6.56. The second kappa shape index (κ2) is 11.1. The first-order valence-electron chi connectivity index (χ1n) is 12.3. The monoisotopic (exact) mass is 505 g/mol. The van der Waals surface area contributed by atoms with Gasteiger partial charge in [-0.2, -0.15) is 0 Å². The number of esters is 1. The van der Waals surface area contributed by atoms with E-state index in [-0.39, 0.29) is 0 Å². The molecule has 1 atom stereocenters. The highest BCUT2D eigenvalue weighted by Gasteiger charge is 2.25. The number of methoxy groups -OCH3 is 1. The van der Waals surface area contributed by atoms with E-state index in [4.69, 9.17) is 31.0 Å². The van der Waals surface area contributed by atoms with Crippen molar-refractivity contribution in [3.8, 4) is 5.75 Å². The lowest BCUT2D eigenvalue weighted by Gasteiger charge is -2.20. The van der Waals surface area contributed by atoms with E-state index in [0.717, 1.165) is 58.6 Å². The molecule has 0 aliphatic carbocycles. The van der Waals surface area contributed by atoms with Gasteiger partial charge in [0.2, 0.25) is 6.10 Å². The van der Waals surface area contributed by atoms with E-state index in [9.17, 15) is 4.79 Å². The van der Waals surface area contributed by atoms with E-state index in [2.05, 4.69) is 37.5 Å². The third-order valence-corrected chi connectivity index (χ3v) is 6.49. The van der Waals surface area contributed by atoms with Gasteiger partial charge in [-0.1, -0.05) is 56.1 Å². The van der Waals surface area contributed by atoms with Gasteiger partial charge in [0, 0.05) is 22.7 Å². The number of carbonyl (C=O) groups excluding carboxylic acids is 1. The Morgan fingerprint density at radius 3 is 2.47 bits per heavy atom.